The third-order valence-corrected chi connectivity index (χ3v) is 7.13. The molecule has 10 atom stereocenters. The highest BCUT2D eigenvalue weighted by atomic mass is 16.8. The predicted octanol–water partition coefficient (Wildman–Crippen LogP) is 0.512. The number of methoxy groups -OCH3 is 1. The molecule has 0 radical (unpaired) electrons. The summed E-state index contributed by atoms with van der Waals surface area (Å²) < 4.78 is 55.4. The molecule has 2 heterocycles. The summed E-state index contributed by atoms with van der Waals surface area (Å²) in [5, 5.41) is 22.2. The second-order valence-electron chi connectivity index (χ2n) is 10.9. The van der Waals surface area contributed by atoms with Crippen molar-refractivity contribution in [1.82, 2.24) is 0 Å². The van der Waals surface area contributed by atoms with Crippen molar-refractivity contribution in [2.75, 3.05) is 13.7 Å². The number of aliphatic hydroxyl groups is 1. The van der Waals surface area contributed by atoms with Gasteiger partial charge in [0.05, 0.1) is 7.11 Å². The average molecular weight is 701 g/mol. The lowest BCUT2D eigenvalue weighted by molar-refractivity contribution is -0.357. The van der Waals surface area contributed by atoms with Crippen LogP contribution in [-0.2, 0) is 71.4 Å². The van der Waals surface area contributed by atoms with Crippen molar-refractivity contribution in [1.29, 1.82) is 0 Å². The van der Waals surface area contributed by atoms with Crippen LogP contribution in [0.25, 0.3) is 0 Å². The molecule has 2 aliphatic heterocycles. The van der Waals surface area contributed by atoms with Crippen LogP contribution in [-0.4, -0.2) is 115 Å². The van der Waals surface area contributed by atoms with Gasteiger partial charge in [0.2, 0.25) is 6.29 Å². The molecule has 0 saturated carbocycles. The number of phenols is 1. The monoisotopic (exact) mass is 700 g/mol. The Labute approximate surface area is 280 Å². The molecule has 18 nitrogen and oxygen atoms in total. The molecule has 2 N–H and O–H groups in total. The molecule has 0 amide bonds. The molecule has 2 fully saturated rings. The lowest BCUT2D eigenvalue weighted by Crippen LogP contribution is -2.65. The Morgan fingerprint density at radius 1 is 0.714 bits per heavy atom. The van der Waals surface area contributed by atoms with Crippen LogP contribution in [0.2, 0.25) is 0 Å². The Hall–Kier alpha value is -4.52. The molecule has 0 bridgehead atoms. The Kier molecular flexibility index (Phi) is 13.7. The van der Waals surface area contributed by atoms with Crippen LogP contribution in [0.3, 0.4) is 0 Å². The summed E-state index contributed by atoms with van der Waals surface area (Å²) in [6.07, 6.45) is -16.6. The number of aromatic hydroxyl groups is 1. The van der Waals surface area contributed by atoms with E-state index < -0.39 is 104 Å². The fraction of sp³-hybridized carbons (Fsp3) is 0.613. The Balaban J connectivity index is 2.17. The number of benzene rings is 1. The first kappa shape index (κ1) is 38.9. The minimum atomic E-state index is -1.83. The molecule has 1 aromatic carbocycles. The summed E-state index contributed by atoms with van der Waals surface area (Å²) in [5.74, 6) is -5.39. The summed E-state index contributed by atoms with van der Waals surface area (Å²) in [6, 6.07) is 4.02. The number of hydrogen-bond acceptors (Lipinski definition) is 18. The van der Waals surface area contributed by atoms with E-state index in [0.717, 1.165) is 34.6 Å². The molecule has 0 aromatic heterocycles. The van der Waals surface area contributed by atoms with Crippen LogP contribution in [0.5, 0.6) is 11.5 Å². The topological polar surface area (TPSA) is 235 Å². The molecule has 2 aliphatic rings. The maximum absolute atomic E-state index is 12.5. The number of aliphatic hydroxyl groups excluding tert-OH is 1. The molecular formula is C31H40O18. The Bertz CT molecular complexity index is 1380. The summed E-state index contributed by atoms with van der Waals surface area (Å²) in [4.78, 5) is 73.2. The van der Waals surface area contributed by atoms with Gasteiger partial charge in [-0.05, 0) is 17.7 Å². The van der Waals surface area contributed by atoms with E-state index in [1.807, 2.05) is 0 Å². The first-order chi connectivity index (χ1) is 23.1. The maximum Gasteiger partial charge on any atom is 0.307 e. The summed E-state index contributed by atoms with van der Waals surface area (Å²) in [6.45, 7) is 6.14. The molecule has 1 aromatic rings. The standard InChI is InChI=1S/C31H40O18/c1-8-22(38)47-31-28(44-16(5)35)26(23(39)24(48-31)18-9-10-20(40-7)19(37)11-18)49-30-29(45-17(6)36)27(43-15(4)34)25(42-14(3)33)21(46-30)12-41-13(2)32/h9-11,21,23-31,37,39H,8,12H2,1-7H3/t21-,23-,24-,25-,26-,27+,28-,29+,30-,31+/m1/s1. The molecular weight excluding hydrogens is 660 g/mol. The zero-order valence-electron chi connectivity index (χ0n) is 27.8. The van der Waals surface area contributed by atoms with Gasteiger partial charge in [0, 0.05) is 41.0 Å². The van der Waals surface area contributed by atoms with Crippen LogP contribution < -0.4 is 4.74 Å². The van der Waals surface area contributed by atoms with Crippen molar-refractivity contribution >= 4 is 35.8 Å². The fourth-order valence-electron chi connectivity index (χ4n) is 5.22. The van der Waals surface area contributed by atoms with Gasteiger partial charge in [0.15, 0.2) is 42.2 Å². The van der Waals surface area contributed by atoms with Gasteiger partial charge in [-0.3, -0.25) is 28.8 Å². The van der Waals surface area contributed by atoms with Crippen LogP contribution in [0.1, 0.15) is 59.6 Å². The molecule has 0 aliphatic carbocycles. The molecule has 0 spiro atoms. The van der Waals surface area contributed by atoms with E-state index in [2.05, 4.69) is 0 Å². The lowest BCUT2D eigenvalue weighted by atomic mass is 9.92. The second-order valence-corrected chi connectivity index (χ2v) is 10.9. The molecule has 3 rings (SSSR count). The highest BCUT2D eigenvalue weighted by Crippen LogP contribution is 2.40. The van der Waals surface area contributed by atoms with Crippen molar-refractivity contribution in [3.8, 4) is 11.5 Å². The summed E-state index contributed by atoms with van der Waals surface area (Å²) in [7, 11) is 1.32. The number of esters is 6. The lowest BCUT2D eigenvalue weighted by Gasteiger charge is -2.48. The van der Waals surface area contributed by atoms with E-state index in [1.165, 1.54) is 32.2 Å². The second kappa shape index (κ2) is 17.2. The largest absolute Gasteiger partial charge is 0.504 e. The summed E-state index contributed by atoms with van der Waals surface area (Å²) in [5.41, 5.74) is 0.139. The first-order valence-electron chi connectivity index (χ1n) is 15.1. The predicted molar refractivity (Wildman–Crippen MR) is 157 cm³/mol. The fourth-order valence-corrected chi connectivity index (χ4v) is 5.22. The normalized spacial score (nSPS) is 29.5. The SMILES string of the molecule is CCC(=O)O[C@H]1O[C@H](c2ccc(OC)c(O)c2)[C@@H](O)[C@@H](O[C@H]2O[C@H](COC(C)=O)[C@@H](OC(C)=O)[C@H](OC(C)=O)[C@@H]2OC(C)=O)[C@H]1OC(C)=O. The Morgan fingerprint density at radius 2 is 1.27 bits per heavy atom. The third-order valence-electron chi connectivity index (χ3n) is 7.13. The van der Waals surface area contributed by atoms with Crippen LogP contribution in [0, 0.1) is 0 Å². The minimum Gasteiger partial charge on any atom is -0.504 e. The number of carbonyl (C=O) groups is 6. The van der Waals surface area contributed by atoms with Crippen LogP contribution in [0.4, 0.5) is 0 Å². The smallest absolute Gasteiger partial charge is 0.307 e. The zero-order chi connectivity index (χ0) is 36.6. The van der Waals surface area contributed by atoms with E-state index in [0.29, 0.717) is 0 Å². The van der Waals surface area contributed by atoms with E-state index in [-0.39, 0.29) is 23.5 Å². The first-order valence-corrected chi connectivity index (χ1v) is 15.1. The molecule has 2 saturated heterocycles. The number of phenolic OH excluding ortho intramolecular Hbond substituents is 1. The average Bonchev–Trinajstić information content (AvgIpc) is 3.00. The van der Waals surface area contributed by atoms with Gasteiger partial charge >= 0.3 is 35.8 Å². The summed E-state index contributed by atoms with van der Waals surface area (Å²) >= 11 is 0. The molecule has 0 unspecified atom stereocenters. The van der Waals surface area contributed by atoms with Crippen LogP contribution >= 0.6 is 0 Å². The van der Waals surface area contributed by atoms with Gasteiger partial charge < -0.3 is 57.6 Å². The number of ether oxygens (including phenoxy) is 10. The van der Waals surface area contributed by atoms with Crippen molar-refractivity contribution in [2.24, 2.45) is 0 Å². The highest BCUT2D eigenvalue weighted by Gasteiger charge is 2.57. The van der Waals surface area contributed by atoms with Gasteiger partial charge in [-0.15, -0.1) is 0 Å². The molecule has 49 heavy (non-hydrogen) atoms. The van der Waals surface area contributed by atoms with E-state index >= 15 is 0 Å². The molecule has 272 valence electrons. The quantitative estimate of drug-likeness (QED) is 0.223. The van der Waals surface area contributed by atoms with Crippen molar-refractivity contribution in [3.63, 3.8) is 0 Å². The van der Waals surface area contributed by atoms with Gasteiger partial charge in [-0.25, -0.2) is 0 Å². The Morgan fingerprint density at radius 3 is 1.78 bits per heavy atom. The van der Waals surface area contributed by atoms with Gasteiger partial charge in [0.1, 0.15) is 31.0 Å². The van der Waals surface area contributed by atoms with Crippen molar-refractivity contribution < 1.29 is 86.3 Å². The van der Waals surface area contributed by atoms with Crippen LogP contribution in [0.15, 0.2) is 18.2 Å². The van der Waals surface area contributed by atoms with E-state index in [9.17, 15) is 39.0 Å². The number of hydrogen-bond donors (Lipinski definition) is 2. The number of rotatable bonds is 12. The van der Waals surface area contributed by atoms with Gasteiger partial charge in [0.25, 0.3) is 0 Å². The highest BCUT2D eigenvalue weighted by molar-refractivity contribution is 5.70. The third kappa shape index (κ3) is 10.2. The number of carbonyl (C=O) groups excluding carboxylic acids is 6. The van der Waals surface area contributed by atoms with Crippen molar-refractivity contribution in [3.05, 3.63) is 23.8 Å². The minimum absolute atomic E-state index is 0.0890. The van der Waals surface area contributed by atoms with E-state index in [4.69, 9.17) is 47.4 Å². The molecule has 18 heteroatoms. The van der Waals surface area contributed by atoms with Gasteiger partial charge in [-0.2, -0.15) is 0 Å². The van der Waals surface area contributed by atoms with Gasteiger partial charge in [-0.1, -0.05) is 13.0 Å². The maximum atomic E-state index is 12.5. The van der Waals surface area contributed by atoms with E-state index in [1.54, 1.807) is 0 Å². The van der Waals surface area contributed by atoms with Crippen molar-refractivity contribution in [2.45, 2.75) is 109 Å². The zero-order valence-corrected chi connectivity index (χ0v) is 27.8.